The summed E-state index contributed by atoms with van der Waals surface area (Å²) in [6.45, 7) is 2.02. The van der Waals surface area contributed by atoms with Gasteiger partial charge in [-0.3, -0.25) is 15.0 Å². The summed E-state index contributed by atoms with van der Waals surface area (Å²) in [6.07, 6.45) is 10.8. The van der Waals surface area contributed by atoms with E-state index in [2.05, 4.69) is 26.0 Å². The van der Waals surface area contributed by atoms with Gasteiger partial charge in [-0.15, -0.1) is 11.3 Å². The molecule has 3 heterocycles. The number of allylic oxidation sites excluding steroid dienone is 1. The summed E-state index contributed by atoms with van der Waals surface area (Å²) in [4.78, 5) is 18.1. The maximum atomic E-state index is 4.41. The summed E-state index contributed by atoms with van der Waals surface area (Å²) in [5.74, 6) is 0. The summed E-state index contributed by atoms with van der Waals surface area (Å²) in [5, 5.41) is 0.920. The van der Waals surface area contributed by atoms with Crippen molar-refractivity contribution in [2.24, 2.45) is 0 Å². The van der Waals surface area contributed by atoms with Gasteiger partial charge in [-0.2, -0.15) is 0 Å². The van der Waals surface area contributed by atoms with Gasteiger partial charge in [-0.25, -0.2) is 4.98 Å². The Hall–Kier alpha value is -2.40. The lowest BCUT2D eigenvalue weighted by molar-refractivity contribution is 1.17. The van der Waals surface area contributed by atoms with Crippen LogP contribution in [0.5, 0.6) is 0 Å². The van der Waals surface area contributed by atoms with Crippen LogP contribution in [0.15, 0.2) is 49.2 Å². The highest BCUT2D eigenvalue weighted by Gasteiger charge is 2.05. The van der Waals surface area contributed by atoms with E-state index in [0.29, 0.717) is 0 Å². The van der Waals surface area contributed by atoms with Crippen molar-refractivity contribution in [3.8, 4) is 10.7 Å². The molecule has 4 nitrogen and oxygen atoms in total. The zero-order valence-corrected chi connectivity index (χ0v) is 11.7. The van der Waals surface area contributed by atoms with Gasteiger partial charge in [-0.05, 0) is 30.7 Å². The fourth-order valence-corrected chi connectivity index (χ4v) is 2.65. The van der Waals surface area contributed by atoms with E-state index in [0.717, 1.165) is 26.8 Å². The van der Waals surface area contributed by atoms with Gasteiger partial charge in [0, 0.05) is 29.7 Å². The van der Waals surface area contributed by atoms with Crippen LogP contribution in [0.1, 0.15) is 17.5 Å². The average molecular weight is 280 g/mol. The van der Waals surface area contributed by atoms with Crippen LogP contribution in [0.3, 0.4) is 0 Å². The Labute approximate surface area is 120 Å². The lowest BCUT2D eigenvalue weighted by Gasteiger charge is -1.97. The molecule has 0 fully saturated rings. The zero-order valence-electron chi connectivity index (χ0n) is 10.9. The number of thiazole rings is 1. The van der Waals surface area contributed by atoms with Gasteiger partial charge in [0.1, 0.15) is 5.01 Å². The van der Waals surface area contributed by atoms with Gasteiger partial charge >= 0.3 is 0 Å². The summed E-state index contributed by atoms with van der Waals surface area (Å²) in [6, 6.07) is 5.82. The summed E-state index contributed by atoms with van der Waals surface area (Å²) >= 11 is 1.61. The SMILES string of the molecule is CC(=Cc1cnc(-c2ccccn2)s1)c1cnccn1. The highest BCUT2D eigenvalue weighted by molar-refractivity contribution is 7.15. The van der Waals surface area contributed by atoms with E-state index in [9.17, 15) is 0 Å². The fourth-order valence-electron chi connectivity index (χ4n) is 1.75. The van der Waals surface area contributed by atoms with Gasteiger partial charge in [0.15, 0.2) is 0 Å². The van der Waals surface area contributed by atoms with Crippen molar-refractivity contribution in [3.63, 3.8) is 0 Å². The standard InChI is InChI=1S/C15H12N4S/c1-11(14-10-16-6-7-18-14)8-12-9-19-15(20-12)13-4-2-3-5-17-13/h2-10H,1H3. The van der Waals surface area contributed by atoms with Crippen LogP contribution in [0.25, 0.3) is 22.4 Å². The second kappa shape index (κ2) is 5.71. The van der Waals surface area contributed by atoms with E-state index < -0.39 is 0 Å². The van der Waals surface area contributed by atoms with E-state index in [1.165, 1.54) is 0 Å². The zero-order chi connectivity index (χ0) is 13.8. The van der Waals surface area contributed by atoms with Crippen LogP contribution in [0.2, 0.25) is 0 Å². The second-order valence-electron chi connectivity index (χ2n) is 4.20. The number of hydrogen-bond donors (Lipinski definition) is 0. The van der Waals surface area contributed by atoms with Gasteiger partial charge in [0.2, 0.25) is 0 Å². The molecule has 0 spiro atoms. The molecule has 0 bridgehead atoms. The number of nitrogens with zero attached hydrogens (tertiary/aromatic N) is 4. The molecule has 0 aliphatic carbocycles. The fraction of sp³-hybridized carbons (Fsp3) is 0.0667. The monoisotopic (exact) mass is 280 g/mol. The minimum absolute atomic E-state index is 0.875. The van der Waals surface area contributed by atoms with Crippen LogP contribution in [0.4, 0.5) is 0 Å². The van der Waals surface area contributed by atoms with Crippen molar-refractivity contribution in [2.75, 3.05) is 0 Å². The third-order valence-electron chi connectivity index (χ3n) is 2.73. The van der Waals surface area contributed by atoms with Crippen molar-refractivity contribution < 1.29 is 0 Å². The Kier molecular flexibility index (Phi) is 3.60. The van der Waals surface area contributed by atoms with Crippen molar-refractivity contribution in [3.05, 3.63) is 59.8 Å². The van der Waals surface area contributed by atoms with Crippen LogP contribution in [-0.2, 0) is 0 Å². The Morgan fingerprint density at radius 3 is 2.75 bits per heavy atom. The molecule has 0 unspecified atom stereocenters. The maximum absolute atomic E-state index is 4.41. The van der Waals surface area contributed by atoms with Gasteiger partial charge < -0.3 is 0 Å². The van der Waals surface area contributed by atoms with E-state index in [-0.39, 0.29) is 0 Å². The van der Waals surface area contributed by atoms with E-state index in [1.807, 2.05) is 31.3 Å². The largest absolute Gasteiger partial charge is 0.261 e. The second-order valence-corrected chi connectivity index (χ2v) is 5.26. The van der Waals surface area contributed by atoms with Crippen LogP contribution < -0.4 is 0 Å². The highest BCUT2D eigenvalue weighted by atomic mass is 32.1. The average Bonchev–Trinajstić information content (AvgIpc) is 2.97. The summed E-state index contributed by atoms with van der Waals surface area (Å²) < 4.78 is 0. The smallest absolute Gasteiger partial charge is 0.142 e. The first-order valence-corrected chi connectivity index (χ1v) is 6.96. The lowest BCUT2D eigenvalue weighted by atomic mass is 10.2. The first-order chi connectivity index (χ1) is 9.83. The summed E-state index contributed by atoms with van der Waals surface area (Å²) in [7, 11) is 0. The molecule has 3 aromatic heterocycles. The van der Waals surface area contributed by atoms with Crippen LogP contribution in [-0.4, -0.2) is 19.9 Å². The molecule has 0 radical (unpaired) electrons. The third kappa shape index (κ3) is 2.78. The van der Waals surface area contributed by atoms with E-state index in [4.69, 9.17) is 0 Å². The van der Waals surface area contributed by atoms with Crippen molar-refractivity contribution in [1.29, 1.82) is 0 Å². The minimum atomic E-state index is 0.875. The van der Waals surface area contributed by atoms with Crippen molar-refractivity contribution in [2.45, 2.75) is 6.92 Å². The molecular formula is C15H12N4S. The molecule has 3 rings (SSSR count). The highest BCUT2D eigenvalue weighted by Crippen LogP contribution is 2.26. The molecule has 0 atom stereocenters. The van der Waals surface area contributed by atoms with Crippen molar-refractivity contribution >= 4 is 23.0 Å². The number of pyridine rings is 1. The molecule has 0 aliphatic heterocycles. The number of hydrogen-bond acceptors (Lipinski definition) is 5. The molecule has 98 valence electrons. The third-order valence-corrected chi connectivity index (χ3v) is 3.70. The summed E-state index contributed by atoms with van der Waals surface area (Å²) in [5.41, 5.74) is 2.84. The Morgan fingerprint density at radius 2 is 2.00 bits per heavy atom. The Balaban J connectivity index is 1.88. The normalized spacial score (nSPS) is 11.6. The molecule has 5 heteroatoms. The van der Waals surface area contributed by atoms with Gasteiger partial charge in [0.05, 0.1) is 17.6 Å². The molecule has 0 saturated heterocycles. The molecule has 0 aromatic carbocycles. The van der Waals surface area contributed by atoms with E-state index >= 15 is 0 Å². The molecule has 20 heavy (non-hydrogen) atoms. The topological polar surface area (TPSA) is 51.6 Å². The van der Waals surface area contributed by atoms with Crippen LogP contribution in [0, 0.1) is 0 Å². The van der Waals surface area contributed by atoms with E-state index in [1.54, 1.807) is 36.1 Å². The Morgan fingerprint density at radius 1 is 1.05 bits per heavy atom. The molecule has 3 aromatic rings. The van der Waals surface area contributed by atoms with Gasteiger partial charge in [0.25, 0.3) is 0 Å². The minimum Gasteiger partial charge on any atom is -0.261 e. The predicted molar refractivity (Wildman–Crippen MR) is 80.9 cm³/mol. The molecule has 0 amide bonds. The first kappa shape index (κ1) is 12.6. The first-order valence-electron chi connectivity index (χ1n) is 6.15. The molecule has 0 N–H and O–H groups in total. The van der Waals surface area contributed by atoms with Gasteiger partial charge in [-0.1, -0.05) is 6.07 Å². The number of rotatable bonds is 3. The number of aromatic nitrogens is 4. The maximum Gasteiger partial charge on any atom is 0.142 e. The molecular weight excluding hydrogens is 268 g/mol. The quantitative estimate of drug-likeness (QED) is 0.736. The predicted octanol–water partition coefficient (Wildman–Crippen LogP) is 3.56. The Bertz CT molecular complexity index is 720. The van der Waals surface area contributed by atoms with Crippen LogP contribution >= 0.6 is 11.3 Å². The molecule has 0 aliphatic rings. The molecule has 0 saturated carbocycles. The lowest BCUT2D eigenvalue weighted by Crippen LogP contribution is -1.85. The van der Waals surface area contributed by atoms with Crippen molar-refractivity contribution in [1.82, 2.24) is 19.9 Å².